The molecule has 4 N–H and O–H groups in total. The van der Waals surface area contributed by atoms with Crippen LogP contribution in [0.2, 0.25) is 0 Å². The number of aromatic nitrogens is 2. The molecule has 1 aromatic heterocycles. The van der Waals surface area contributed by atoms with Crippen molar-refractivity contribution in [3.8, 4) is 0 Å². The fourth-order valence-electron chi connectivity index (χ4n) is 7.00. The molecule has 3 aliphatic rings. The van der Waals surface area contributed by atoms with Gasteiger partial charge in [-0.15, -0.1) is 0 Å². The molecule has 2 aliphatic heterocycles. The molecule has 8 nitrogen and oxygen atoms in total. The molecule has 2 saturated heterocycles. The van der Waals surface area contributed by atoms with Crippen molar-refractivity contribution in [2.45, 2.75) is 82.8 Å². The van der Waals surface area contributed by atoms with Crippen molar-refractivity contribution < 1.29 is 4.79 Å². The topological polar surface area (TPSA) is 97.3 Å². The average molecular weight is 511 g/mol. The second kappa shape index (κ2) is 12.6. The van der Waals surface area contributed by atoms with E-state index in [-0.39, 0.29) is 29.6 Å². The maximum Gasteiger partial charge on any atom is 0.329 e. The van der Waals surface area contributed by atoms with Crippen LogP contribution >= 0.6 is 0 Å². The Bertz CT molecular complexity index is 1080. The molecule has 1 aromatic carbocycles. The highest BCUT2D eigenvalue weighted by molar-refractivity contribution is 5.81. The number of imidazole rings is 1. The molecule has 37 heavy (non-hydrogen) atoms. The molecule has 3 heterocycles. The lowest BCUT2D eigenvalue weighted by Crippen LogP contribution is -2.53. The Morgan fingerprint density at radius 1 is 0.973 bits per heavy atom. The summed E-state index contributed by atoms with van der Waals surface area (Å²) in [6, 6.07) is 8.04. The number of nitrogens with two attached hydrogens (primary N) is 1. The molecule has 0 radical (unpaired) electrons. The van der Waals surface area contributed by atoms with Crippen LogP contribution in [0.25, 0.3) is 11.0 Å². The van der Waals surface area contributed by atoms with E-state index in [4.69, 9.17) is 5.73 Å². The summed E-state index contributed by atoms with van der Waals surface area (Å²) in [5.41, 5.74) is 7.66. The van der Waals surface area contributed by atoms with Crippen LogP contribution in [0.4, 0.5) is 0 Å². The first-order valence-corrected chi connectivity index (χ1v) is 14.8. The Hall–Kier alpha value is -2.16. The lowest BCUT2D eigenvalue weighted by molar-refractivity contribution is -0.129. The number of nitrogens with one attached hydrogen (secondary N) is 2. The quantitative estimate of drug-likeness (QED) is 0.532. The zero-order valence-electron chi connectivity index (χ0n) is 22.4. The molecule has 204 valence electrons. The number of fused-ring (bicyclic) bond motifs is 1. The van der Waals surface area contributed by atoms with Crippen LogP contribution in [0.1, 0.15) is 70.3 Å². The number of carbonyl (C=O) groups is 1. The summed E-state index contributed by atoms with van der Waals surface area (Å²) in [5, 5.41) is 6.77. The van der Waals surface area contributed by atoms with Gasteiger partial charge in [0.1, 0.15) is 0 Å². The van der Waals surface area contributed by atoms with E-state index in [1.807, 2.05) is 28.8 Å². The lowest BCUT2D eigenvalue weighted by Gasteiger charge is -2.40. The molecule has 3 fully saturated rings. The summed E-state index contributed by atoms with van der Waals surface area (Å²) >= 11 is 0. The largest absolute Gasteiger partial charge is 0.353 e. The third kappa shape index (κ3) is 6.13. The minimum absolute atomic E-state index is 0.0372. The van der Waals surface area contributed by atoms with Crippen LogP contribution in [0.15, 0.2) is 29.1 Å². The maximum atomic E-state index is 13.9. The number of carbonyl (C=O) groups excluding carboxylic acids is 1. The number of rotatable bonds is 7. The Kier molecular flexibility index (Phi) is 9.00. The van der Waals surface area contributed by atoms with E-state index in [1.165, 1.54) is 44.9 Å². The van der Waals surface area contributed by atoms with E-state index in [0.717, 1.165) is 68.9 Å². The van der Waals surface area contributed by atoms with Gasteiger partial charge in [-0.2, -0.15) is 0 Å². The highest BCUT2D eigenvalue weighted by atomic mass is 16.2. The number of nitrogens with zero attached hydrogens (tertiary/aromatic N) is 3. The summed E-state index contributed by atoms with van der Waals surface area (Å²) in [6.07, 6.45) is 12.1. The molecule has 2 aromatic rings. The summed E-state index contributed by atoms with van der Waals surface area (Å²) in [5.74, 6) is 0.591. The Labute approximate surface area is 220 Å². The first-order valence-electron chi connectivity index (χ1n) is 14.8. The predicted octanol–water partition coefficient (Wildman–Crippen LogP) is 2.85. The van der Waals surface area contributed by atoms with Crippen molar-refractivity contribution in [3.05, 3.63) is 34.7 Å². The maximum absolute atomic E-state index is 13.9. The van der Waals surface area contributed by atoms with Gasteiger partial charge in [-0.05, 0) is 63.2 Å². The van der Waals surface area contributed by atoms with Crippen molar-refractivity contribution in [1.29, 1.82) is 0 Å². The molecule has 2 atom stereocenters. The Morgan fingerprint density at radius 2 is 1.68 bits per heavy atom. The van der Waals surface area contributed by atoms with E-state index in [1.54, 1.807) is 4.57 Å². The number of hydrogen-bond donors (Lipinski definition) is 3. The second-order valence-electron chi connectivity index (χ2n) is 11.5. The SMILES string of the molecule is NCCn1c(=O)n([C@H]2CCN(CC3CCCCCCC3)C[C@@H]2C(=O)NC2CCNCC2)c2ccccc21. The summed E-state index contributed by atoms with van der Waals surface area (Å²) < 4.78 is 3.71. The molecular weight excluding hydrogens is 464 g/mol. The van der Waals surface area contributed by atoms with Crippen molar-refractivity contribution >= 4 is 16.9 Å². The van der Waals surface area contributed by atoms with Crippen LogP contribution in [0.5, 0.6) is 0 Å². The fourth-order valence-corrected chi connectivity index (χ4v) is 7.00. The van der Waals surface area contributed by atoms with Crippen LogP contribution < -0.4 is 22.1 Å². The normalized spacial score (nSPS) is 25.1. The first kappa shape index (κ1) is 26.4. The third-order valence-corrected chi connectivity index (χ3v) is 8.98. The number of piperidine rings is 2. The average Bonchev–Trinajstić information content (AvgIpc) is 3.17. The number of amides is 1. The molecule has 1 saturated carbocycles. The van der Waals surface area contributed by atoms with E-state index >= 15 is 0 Å². The van der Waals surface area contributed by atoms with Crippen LogP contribution in [-0.4, -0.2) is 65.3 Å². The van der Waals surface area contributed by atoms with Gasteiger partial charge in [0.25, 0.3) is 0 Å². The highest BCUT2D eigenvalue weighted by Gasteiger charge is 2.38. The van der Waals surface area contributed by atoms with Gasteiger partial charge in [0.15, 0.2) is 0 Å². The fraction of sp³-hybridized carbons (Fsp3) is 0.724. The van der Waals surface area contributed by atoms with Gasteiger partial charge in [0, 0.05) is 38.8 Å². The van der Waals surface area contributed by atoms with E-state index < -0.39 is 0 Å². The third-order valence-electron chi connectivity index (χ3n) is 8.98. The minimum atomic E-state index is -0.243. The van der Waals surface area contributed by atoms with Crippen molar-refractivity contribution in [1.82, 2.24) is 24.7 Å². The summed E-state index contributed by atoms with van der Waals surface area (Å²) in [7, 11) is 0. The lowest BCUT2D eigenvalue weighted by atomic mass is 9.87. The van der Waals surface area contributed by atoms with Gasteiger partial charge in [-0.1, -0.05) is 44.2 Å². The van der Waals surface area contributed by atoms with Gasteiger partial charge in [-0.25, -0.2) is 4.79 Å². The molecule has 1 amide bonds. The predicted molar refractivity (Wildman–Crippen MR) is 149 cm³/mol. The van der Waals surface area contributed by atoms with E-state index in [2.05, 4.69) is 15.5 Å². The van der Waals surface area contributed by atoms with Crippen molar-refractivity contribution in [3.63, 3.8) is 0 Å². The van der Waals surface area contributed by atoms with E-state index in [0.29, 0.717) is 13.1 Å². The van der Waals surface area contributed by atoms with Gasteiger partial charge in [0.2, 0.25) is 5.91 Å². The molecule has 1 aliphatic carbocycles. The molecule has 5 rings (SSSR count). The standard InChI is InChI=1S/C29H46N6O2/c30-15-19-34-26-10-6-7-11-27(26)35(29(34)37)25-14-18-33(20-22-8-4-2-1-3-5-9-22)21-24(25)28(36)32-23-12-16-31-17-13-23/h6-7,10-11,22-25,31H,1-5,8-9,12-21,30H2,(H,32,36)/t24-,25-/m0/s1. The Morgan fingerprint density at radius 3 is 2.41 bits per heavy atom. The molecule has 0 spiro atoms. The van der Waals surface area contributed by atoms with Crippen LogP contribution in [0, 0.1) is 11.8 Å². The molecule has 0 unspecified atom stereocenters. The van der Waals surface area contributed by atoms with Gasteiger partial charge in [0.05, 0.1) is 23.0 Å². The van der Waals surface area contributed by atoms with E-state index in [9.17, 15) is 9.59 Å². The number of hydrogen-bond acceptors (Lipinski definition) is 5. The van der Waals surface area contributed by atoms with Gasteiger partial charge < -0.3 is 21.3 Å². The van der Waals surface area contributed by atoms with Crippen molar-refractivity contribution in [2.24, 2.45) is 17.6 Å². The van der Waals surface area contributed by atoms with Crippen LogP contribution in [0.3, 0.4) is 0 Å². The Balaban J connectivity index is 1.41. The second-order valence-corrected chi connectivity index (χ2v) is 11.5. The summed E-state index contributed by atoms with van der Waals surface area (Å²) in [4.78, 5) is 30.1. The number of para-hydroxylation sites is 2. The van der Waals surface area contributed by atoms with Gasteiger partial charge >= 0.3 is 5.69 Å². The smallest absolute Gasteiger partial charge is 0.329 e. The molecule has 8 heteroatoms. The van der Waals surface area contributed by atoms with Crippen LogP contribution in [-0.2, 0) is 11.3 Å². The zero-order chi connectivity index (χ0) is 25.6. The molecule has 0 bridgehead atoms. The zero-order valence-corrected chi connectivity index (χ0v) is 22.4. The first-order chi connectivity index (χ1) is 18.2. The summed E-state index contributed by atoms with van der Waals surface area (Å²) in [6.45, 7) is 5.51. The highest BCUT2D eigenvalue weighted by Crippen LogP contribution is 2.33. The number of likely N-dealkylation sites (tertiary alicyclic amines) is 1. The molecular formula is C29H46N6O2. The monoisotopic (exact) mass is 510 g/mol. The van der Waals surface area contributed by atoms with Gasteiger partial charge in [-0.3, -0.25) is 13.9 Å². The minimum Gasteiger partial charge on any atom is -0.353 e. The number of benzene rings is 1. The van der Waals surface area contributed by atoms with Crippen molar-refractivity contribution in [2.75, 3.05) is 39.3 Å².